The third kappa shape index (κ3) is 2.89. The SMILES string of the molecule is CS(=O)(=O)N1CCc2sc(-c3nc4c(C(N)=O)cc(F)cc4[nH]3)cc2C1. The largest absolute Gasteiger partial charge is 0.366 e. The van der Waals surface area contributed by atoms with Crippen LogP contribution in [0.1, 0.15) is 20.8 Å². The molecule has 0 saturated heterocycles. The highest BCUT2D eigenvalue weighted by Gasteiger charge is 2.26. The van der Waals surface area contributed by atoms with Crippen LogP contribution in [0.25, 0.3) is 21.7 Å². The van der Waals surface area contributed by atoms with Gasteiger partial charge in [0, 0.05) is 18.0 Å². The number of nitrogens with two attached hydrogens (primary N) is 1. The summed E-state index contributed by atoms with van der Waals surface area (Å²) >= 11 is 1.51. The molecule has 0 unspecified atom stereocenters. The number of carbonyl (C=O) groups is 1. The highest BCUT2D eigenvalue weighted by atomic mass is 32.2. The Morgan fingerprint density at radius 2 is 2.15 bits per heavy atom. The fraction of sp³-hybridized carbons (Fsp3) is 0.250. The molecule has 0 saturated carbocycles. The second-order valence-corrected chi connectivity index (χ2v) is 9.32. The Bertz CT molecular complexity index is 1150. The summed E-state index contributed by atoms with van der Waals surface area (Å²) in [4.78, 5) is 20.9. The average molecular weight is 394 g/mol. The molecule has 136 valence electrons. The smallest absolute Gasteiger partial charge is 0.251 e. The predicted octanol–water partition coefficient (Wildman–Crippen LogP) is 1.85. The Morgan fingerprint density at radius 1 is 1.38 bits per heavy atom. The number of aromatic nitrogens is 2. The Labute approximate surface area is 152 Å². The van der Waals surface area contributed by atoms with E-state index in [9.17, 15) is 17.6 Å². The first kappa shape index (κ1) is 17.1. The summed E-state index contributed by atoms with van der Waals surface area (Å²) in [5.74, 6) is -0.823. The maximum atomic E-state index is 13.7. The van der Waals surface area contributed by atoms with Gasteiger partial charge in [-0.1, -0.05) is 0 Å². The van der Waals surface area contributed by atoms with Crippen molar-refractivity contribution < 1.29 is 17.6 Å². The number of nitrogens with zero attached hydrogens (tertiary/aromatic N) is 2. The lowest BCUT2D eigenvalue weighted by atomic mass is 10.1. The Kier molecular flexibility index (Phi) is 3.86. The van der Waals surface area contributed by atoms with Crippen molar-refractivity contribution >= 4 is 38.3 Å². The molecule has 10 heteroatoms. The molecule has 3 N–H and O–H groups in total. The minimum atomic E-state index is -3.24. The Morgan fingerprint density at radius 3 is 2.85 bits per heavy atom. The van der Waals surface area contributed by atoms with Crippen LogP contribution >= 0.6 is 11.3 Å². The molecule has 7 nitrogen and oxygen atoms in total. The van der Waals surface area contributed by atoms with Gasteiger partial charge in [-0.15, -0.1) is 11.3 Å². The molecule has 1 amide bonds. The van der Waals surface area contributed by atoms with Crippen LogP contribution in [0.4, 0.5) is 4.39 Å². The molecule has 0 bridgehead atoms. The van der Waals surface area contributed by atoms with E-state index in [-0.39, 0.29) is 5.56 Å². The lowest BCUT2D eigenvalue weighted by molar-refractivity contribution is 0.100. The number of rotatable bonds is 3. The molecule has 3 aromatic rings. The van der Waals surface area contributed by atoms with Crippen molar-refractivity contribution in [3.05, 3.63) is 40.0 Å². The fourth-order valence-electron chi connectivity index (χ4n) is 3.09. The van der Waals surface area contributed by atoms with Gasteiger partial charge < -0.3 is 10.7 Å². The van der Waals surface area contributed by atoms with E-state index in [0.717, 1.165) is 21.4 Å². The minimum absolute atomic E-state index is 0.0204. The van der Waals surface area contributed by atoms with Gasteiger partial charge in [0.05, 0.1) is 22.2 Å². The molecule has 0 spiro atoms. The van der Waals surface area contributed by atoms with Crippen molar-refractivity contribution in [3.63, 3.8) is 0 Å². The van der Waals surface area contributed by atoms with Crippen LogP contribution in [-0.2, 0) is 23.0 Å². The van der Waals surface area contributed by atoms with E-state index in [1.165, 1.54) is 28.0 Å². The quantitative estimate of drug-likeness (QED) is 0.706. The molecule has 0 radical (unpaired) electrons. The number of aromatic amines is 1. The molecule has 4 rings (SSSR count). The number of thiophene rings is 1. The van der Waals surface area contributed by atoms with Crippen molar-refractivity contribution in [2.45, 2.75) is 13.0 Å². The first-order valence-electron chi connectivity index (χ1n) is 7.78. The van der Waals surface area contributed by atoms with Gasteiger partial charge in [-0.2, -0.15) is 4.31 Å². The van der Waals surface area contributed by atoms with Crippen LogP contribution in [-0.4, -0.2) is 41.4 Å². The number of halogens is 1. The van der Waals surface area contributed by atoms with Crippen molar-refractivity contribution in [2.75, 3.05) is 12.8 Å². The van der Waals surface area contributed by atoms with E-state index >= 15 is 0 Å². The number of fused-ring (bicyclic) bond motifs is 2. The monoisotopic (exact) mass is 394 g/mol. The number of carbonyl (C=O) groups excluding carboxylic acids is 1. The summed E-state index contributed by atoms with van der Waals surface area (Å²) in [6.07, 6.45) is 1.83. The number of sulfonamides is 1. The van der Waals surface area contributed by atoms with E-state index < -0.39 is 21.7 Å². The second-order valence-electron chi connectivity index (χ2n) is 6.20. The van der Waals surface area contributed by atoms with E-state index in [4.69, 9.17) is 5.73 Å². The molecule has 0 fully saturated rings. The Hall–Kier alpha value is -2.30. The normalized spacial score (nSPS) is 15.3. The third-order valence-electron chi connectivity index (χ3n) is 4.35. The minimum Gasteiger partial charge on any atom is -0.366 e. The third-order valence-corrected chi connectivity index (χ3v) is 6.84. The lowest BCUT2D eigenvalue weighted by Crippen LogP contribution is -2.34. The van der Waals surface area contributed by atoms with Crippen LogP contribution in [0.5, 0.6) is 0 Å². The molecule has 1 aromatic carbocycles. The van der Waals surface area contributed by atoms with Crippen LogP contribution in [0.15, 0.2) is 18.2 Å². The summed E-state index contributed by atoms with van der Waals surface area (Å²) in [7, 11) is -3.24. The van der Waals surface area contributed by atoms with Crippen molar-refractivity contribution in [1.82, 2.24) is 14.3 Å². The molecule has 1 aliphatic rings. The van der Waals surface area contributed by atoms with Crippen LogP contribution in [0.3, 0.4) is 0 Å². The van der Waals surface area contributed by atoms with Gasteiger partial charge in [0.1, 0.15) is 17.2 Å². The summed E-state index contributed by atoms with van der Waals surface area (Å²) < 4.78 is 38.6. The number of imidazole rings is 1. The van der Waals surface area contributed by atoms with E-state index in [1.54, 1.807) is 0 Å². The molecule has 3 heterocycles. The van der Waals surface area contributed by atoms with Gasteiger partial charge in [-0.05, 0) is 30.2 Å². The zero-order valence-electron chi connectivity index (χ0n) is 13.7. The fourth-order valence-corrected chi connectivity index (χ4v) is 5.00. The highest BCUT2D eigenvalue weighted by Crippen LogP contribution is 2.35. The molecule has 2 aromatic heterocycles. The number of H-pyrrole nitrogens is 1. The standard InChI is InChI=1S/C16H15FN4O3S2/c1-26(23,24)21-3-2-12-8(7-21)4-13(25-12)16-19-11-6-9(17)5-10(15(18)22)14(11)20-16/h4-6H,2-3,7H2,1H3,(H2,18,22)(H,19,20). The molecule has 0 aliphatic carbocycles. The van der Waals surface area contributed by atoms with Gasteiger partial charge in [-0.3, -0.25) is 4.79 Å². The summed E-state index contributed by atoms with van der Waals surface area (Å²) in [5.41, 5.74) is 6.97. The number of benzene rings is 1. The highest BCUT2D eigenvalue weighted by molar-refractivity contribution is 7.88. The summed E-state index contributed by atoms with van der Waals surface area (Å²) in [5, 5.41) is 0. The molecular formula is C16H15FN4O3S2. The zero-order chi connectivity index (χ0) is 18.6. The van der Waals surface area contributed by atoms with E-state index in [0.29, 0.717) is 36.4 Å². The first-order chi connectivity index (χ1) is 12.2. The van der Waals surface area contributed by atoms with Crippen molar-refractivity contribution in [1.29, 1.82) is 0 Å². The maximum absolute atomic E-state index is 13.7. The van der Waals surface area contributed by atoms with E-state index in [1.807, 2.05) is 6.07 Å². The number of nitrogens with one attached hydrogen (secondary N) is 1. The van der Waals surface area contributed by atoms with Gasteiger partial charge in [0.25, 0.3) is 5.91 Å². The molecule has 0 atom stereocenters. The zero-order valence-corrected chi connectivity index (χ0v) is 15.4. The topological polar surface area (TPSA) is 109 Å². The van der Waals surface area contributed by atoms with Crippen LogP contribution in [0.2, 0.25) is 0 Å². The summed E-state index contributed by atoms with van der Waals surface area (Å²) in [6.45, 7) is 0.773. The molecule has 1 aliphatic heterocycles. The first-order valence-corrected chi connectivity index (χ1v) is 10.4. The second kappa shape index (κ2) is 5.86. The average Bonchev–Trinajstić information content (AvgIpc) is 3.15. The van der Waals surface area contributed by atoms with Gasteiger partial charge in [-0.25, -0.2) is 17.8 Å². The van der Waals surface area contributed by atoms with Crippen molar-refractivity contribution in [3.8, 4) is 10.7 Å². The lowest BCUT2D eigenvalue weighted by Gasteiger charge is -2.24. The number of amides is 1. The maximum Gasteiger partial charge on any atom is 0.251 e. The van der Waals surface area contributed by atoms with Crippen molar-refractivity contribution in [2.24, 2.45) is 5.73 Å². The molecule has 26 heavy (non-hydrogen) atoms. The predicted molar refractivity (Wildman–Crippen MR) is 96.8 cm³/mol. The number of hydrogen-bond acceptors (Lipinski definition) is 5. The molecular weight excluding hydrogens is 379 g/mol. The van der Waals surface area contributed by atoms with Crippen LogP contribution in [0, 0.1) is 5.82 Å². The number of primary amides is 1. The van der Waals surface area contributed by atoms with Gasteiger partial charge >= 0.3 is 0 Å². The van der Waals surface area contributed by atoms with E-state index in [2.05, 4.69) is 9.97 Å². The van der Waals surface area contributed by atoms with Gasteiger partial charge in [0.2, 0.25) is 10.0 Å². The van der Waals surface area contributed by atoms with Crippen LogP contribution < -0.4 is 5.73 Å². The number of hydrogen-bond donors (Lipinski definition) is 2. The summed E-state index contributed by atoms with van der Waals surface area (Å²) in [6, 6.07) is 4.21. The van der Waals surface area contributed by atoms with Gasteiger partial charge in [0.15, 0.2) is 0 Å². The Balaban J connectivity index is 1.77.